The van der Waals surface area contributed by atoms with Crippen LogP contribution in [0, 0.1) is 0 Å². The molecule has 82 valence electrons. The van der Waals surface area contributed by atoms with Crippen LogP contribution in [0.3, 0.4) is 0 Å². The van der Waals surface area contributed by atoms with Crippen LogP contribution in [0.4, 0.5) is 0 Å². The molecule has 0 radical (unpaired) electrons. The monoisotopic (exact) mass is 272 g/mol. The molecule has 0 fully saturated rings. The first kappa shape index (κ1) is 12.2. The molecule has 0 aliphatic heterocycles. The standard InChI is InChI=1S/C11H13BrO3/c1-8(11(13)14-2)15-7-9-5-3-4-6-10(9)12/h3-6,8H,7H2,1-2H3/t8-/m0/s1. The molecule has 0 bridgehead atoms. The largest absolute Gasteiger partial charge is 0.467 e. The van der Waals surface area contributed by atoms with E-state index >= 15 is 0 Å². The van der Waals surface area contributed by atoms with Crippen LogP contribution < -0.4 is 0 Å². The Hall–Kier alpha value is -0.870. The van der Waals surface area contributed by atoms with Crippen LogP contribution in [-0.4, -0.2) is 19.2 Å². The van der Waals surface area contributed by atoms with Gasteiger partial charge in [0, 0.05) is 4.47 Å². The van der Waals surface area contributed by atoms with Gasteiger partial charge in [0.25, 0.3) is 0 Å². The molecule has 0 aliphatic rings. The zero-order valence-corrected chi connectivity index (χ0v) is 10.3. The van der Waals surface area contributed by atoms with Crippen molar-refractivity contribution in [3.63, 3.8) is 0 Å². The van der Waals surface area contributed by atoms with E-state index in [-0.39, 0.29) is 5.97 Å². The van der Waals surface area contributed by atoms with E-state index in [4.69, 9.17) is 4.74 Å². The SMILES string of the molecule is COC(=O)[C@H](C)OCc1ccccc1Br. The Kier molecular flexibility index (Phi) is 4.78. The summed E-state index contributed by atoms with van der Waals surface area (Å²) in [4.78, 5) is 11.1. The quantitative estimate of drug-likeness (QED) is 0.791. The van der Waals surface area contributed by atoms with Gasteiger partial charge in [0.05, 0.1) is 13.7 Å². The summed E-state index contributed by atoms with van der Waals surface area (Å²) in [6, 6.07) is 7.72. The van der Waals surface area contributed by atoms with Crippen LogP contribution in [-0.2, 0) is 20.9 Å². The van der Waals surface area contributed by atoms with Gasteiger partial charge in [-0.25, -0.2) is 4.79 Å². The van der Waals surface area contributed by atoms with Gasteiger partial charge in [-0.3, -0.25) is 0 Å². The second-order valence-electron chi connectivity index (χ2n) is 3.07. The third kappa shape index (κ3) is 3.64. The molecule has 0 heterocycles. The molecule has 0 spiro atoms. The molecule has 0 amide bonds. The first-order chi connectivity index (χ1) is 7.15. The molecule has 1 aromatic carbocycles. The molecule has 0 aromatic heterocycles. The third-order valence-corrected chi connectivity index (χ3v) is 2.75. The molecule has 0 saturated carbocycles. The van der Waals surface area contributed by atoms with Gasteiger partial charge >= 0.3 is 5.97 Å². The molecule has 1 rings (SSSR count). The Morgan fingerprint density at radius 3 is 2.73 bits per heavy atom. The number of halogens is 1. The molecular formula is C11H13BrO3. The van der Waals surface area contributed by atoms with Crippen molar-refractivity contribution in [3.8, 4) is 0 Å². The Morgan fingerprint density at radius 2 is 2.13 bits per heavy atom. The summed E-state index contributed by atoms with van der Waals surface area (Å²) in [6.45, 7) is 2.06. The van der Waals surface area contributed by atoms with Gasteiger partial charge < -0.3 is 9.47 Å². The lowest BCUT2D eigenvalue weighted by Crippen LogP contribution is -2.21. The smallest absolute Gasteiger partial charge is 0.334 e. The summed E-state index contributed by atoms with van der Waals surface area (Å²) in [6.07, 6.45) is -0.540. The first-order valence-corrected chi connectivity index (χ1v) is 5.37. The van der Waals surface area contributed by atoms with Crippen LogP contribution in [0.5, 0.6) is 0 Å². The molecule has 3 nitrogen and oxygen atoms in total. The van der Waals surface area contributed by atoms with Gasteiger partial charge in [0.1, 0.15) is 0 Å². The highest BCUT2D eigenvalue weighted by Crippen LogP contribution is 2.17. The topological polar surface area (TPSA) is 35.5 Å². The van der Waals surface area contributed by atoms with Crippen molar-refractivity contribution in [2.45, 2.75) is 19.6 Å². The normalized spacial score (nSPS) is 12.2. The zero-order valence-electron chi connectivity index (χ0n) is 8.70. The van der Waals surface area contributed by atoms with Crippen LogP contribution in [0.2, 0.25) is 0 Å². The molecule has 1 atom stereocenters. The number of hydrogen-bond acceptors (Lipinski definition) is 3. The van der Waals surface area contributed by atoms with Crippen molar-refractivity contribution < 1.29 is 14.3 Å². The van der Waals surface area contributed by atoms with Gasteiger partial charge in [-0.15, -0.1) is 0 Å². The van der Waals surface area contributed by atoms with E-state index in [2.05, 4.69) is 20.7 Å². The number of carbonyl (C=O) groups is 1. The molecule has 0 aliphatic carbocycles. The molecule has 15 heavy (non-hydrogen) atoms. The highest BCUT2D eigenvalue weighted by atomic mass is 79.9. The van der Waals surface area contributed by atoms with Crippen LogP contribution in [0.25, 0.3) is 0 Å². The minimum Gasteiger partial charge on any atom is -0.467 e. The molecule has 1 aromatic rings. The van der Waals surface area contributed by atoms with Crippen molar-refractivity contribution in [3.05, 3.63) is 34.3 Å². The van der Waals surface area contributed by atoms with Crippen molar-refractivity contribution in [2.75, 3.05) is 7.11 Å². The second-order valence-corrected chi connectivity index (χ2v) is 3.92. The van der Waals surface area contributed by atoms with Crippen LogP contribution in [0.1, 0.15) is 12.5 Å². The van der Waals surface area contributed by atoms with E-state index < -0.39 is 6.10 Å². The predicted molar refractivity (Wildman–Crippen MR) is 60.4 cm³/mol. The summed E-state index contributed by atoms with van der Waals surface area (Å²) < 4.78 is 10.9. The van der Waals surface area contributed by atoms with E-state index in [1.807, 2.05) is 24.3 Å². The maximum Gasteiger partial charge on any atom is 0.334 e. The van der Waals surface area contributed by atoms with Crippen molar-refractivity contribution in [2.24, 2.45) is 0 Å². The molecule has 0 unspecified atom stereocenters. The van der Waals surface area contributed by atoms with E-state index in [9.17, 15) is 4.79 Å². The number of methoxy groups -OCH3 is 1. The predicted octanol–water partition coefficient (Wildman–Crippen LogP) is 2.53. The first-order valence-electron chi connectivity index (χ1n) is 4.58. The molecular weight excluding hydrogens is 260 g/mol. The average molecular weight is 273 g/mol. The molecule has 0 saturated heterocycles. The minimum absolute atomic E-state index is 0.359. The Balaban J connectivity index is 2.50. The average Bonchev–Trinajstić information content (AvgIpc) is 2.26. The van der Waals surface area contributed by atoms with Crippen LogP contribution >= 0.6 is 15.9 Å². The van der Waals surface area contributed by atoms with Crippen molar-refractivity contribution >= 4 is 21.9 Å². The number of rotatable bonds is 4. The fourth-order valence-electron chi connectivity index (χ4n) is 1.06. The highest BCUT2D eigenvalue weighted by molar-refractivity contribution is 9.10. The summed E-state index contributed by atoms with van der Waals surface area (Å²) in [5.74, 6) is -0.359. The van der Waals surface area contributed by atoms with E-state index in [0.29, 0.717) is 6.61 Å². The van der Waals surface area contributed by atoms with E-state index in [1.165, 1.54) is 7.11 Å². The molecule has 0 N–H and O–H groups in total. The number of ether oxygens (including phenoxy) is 2. The van der Waals surface area contributed by atoms with Gasteiger partial charge in [0.2, 0.25) is 0 Å². The van der Waals surface area contributed by atoms with Gasteiger partial charge in [0.15, 0.2) is 6.10 Å². The van der Waals surface area contributed by atoms with Gasteiger partial charge in [-0.05, 0) is 18.6 Å². The lowest BCUT2D eigenvalue weighted by molar-refractivity contribution is -0.153. The summed E-state index contributed by atoms with van der Waals surface area (Å²) in [5, 5.41) is 0. The lowest BCUT2D eigenvalue weighted by atomic mass is 10.2. The summed E-state index contributed by atoms with van der Waals surface area (Å²) in [5.41, 5.74) is 1.01. The third-order valence-electron chi connectivity index (χ3n) is 1.98. The maximum atomic E-state index is 11.1. The lowest BCUT2D eigenvalue weighted by Gasteiger charge is -2.11. The van der Waals surface area contributed by atoms with E-state index in [0.717, 1.165) is 10.0 Å². The highest BCUT2D eigenvalue weighted by Gasteiger charge is 2.13. The molecule has 4 heteroatoms. The van der Waals surface area contributed by atoms with Crippen molar-refractivity contribution in [1.29, 1.82) is 0 Å². The number of esters is 1. The van der Waals surface area contributed by atoms with Gasteiger partial charge in [-0.1, -0.05) is 34.1 Å². The van der Waals surface area contributed by atoms with Gasteiger partial charge in [-0.2, -0.15) is 0 Å². The van der Waals surface area contributed by atoms with E-state index in [1.54, 1.807) is 6.92 Å². The number of carbonyl (C=O) groups excluding carboxylic acids is 1. The summed E-state index contributed by atoms with van der Waals surface area (Å²) in [7, 11) is 1.35. The second kappa shape index (κ2) is 5.88. The summed E-state index contributed by atoms with van der Waals surface area (Å²) >= 11 is 3.40. The minimum atomic E-state index is -0.540. The zero-order chi connectivity index (χ0) is 11.3. The fourth-order valence-corrected chi connectivity index (χ4v) is 1.46. The number of benzene rings is 1. The Bertz CT molecular complexity index is 338. The number of hydrogen-bond donors (Lipinski definition) is 0. The fraction of sp³-hybridized carbons (Fsp3) is 0.364. The Morgan fingerprint density at radius 1 is 1.47 bits per heavy atom. The Labute approximate surface area is 97.5 Å². The van der Waals surface area contributed by atoms with Crippen LogP contribution in [0.15, 0.2) is 28.7 Å². The maximum absolute atomic E-state index is 11.1. The van der Waals surface area contributed by atoms with Crippen molar-refractivity contribution in [1.82, 2.24) is 0 Å².